The van der Waals surface area contributed by atoms with Gasteiger partial charge >= 0.3 is 0 Å². The van der Waals surface area contributed by atoms with E-state index in [1.54, 1.807) is 7.11 Å². The Balaban J connectivity index is 0. The smallest absolute Gasteiger partial charge is 0.0543 e. The molecule has 0 N–H and O–H groups in total. The second-order valence-corrected chi connectivity index (χ2v) is 3.60. The van der Waals surface area contributed by atoms with Crippen molar-refractivity contribution in [2.75, 3.05) is 7.11 Å². The molecule has 0 aromatic carbocycles. The summed E-state index contributed by atoms with van der Waals surface area (Å²) in [4.78, 5) is 0. The summed E-state index contributed by atoms with van der Waals surface area (Å²) in [6, 6.07) is 0. The van der Waals surface area contributed by atoms with Gasteiger partial charge in [-0.1, -0.05) is 45.4 Å². The maximum absolute atomic E-state index is 5.18. The summed E-state index contributed by atoms with van der Waals surface area (Å²) in [6.07, 6.45) is 9.96. The molecule has 0 bridgehead atoms. The van der Waals surface area contributed by atoms with Crippen LogP contribution in [-0.4, -0.2) is 42.8 Å². The van der Waals surface area contributed by atoms with Crippen LogP contribution in [0.3, 0.4) is 0 Å². The van der Waals surface area contributed by atoms with E-state index in [4.69, 9.17) is 4.74 Å². The zero-order chi connectivity index (χ0) is 9.23. The molecule has 1 atom stereocenters. The SMILES string of the molecule is CCCCCCCCC(C)OC.[Na]. The molecule has 0 amide bonds. The normalized spacial score (nSPS) is 12.2. The molecule has 0 spiro atoms. The van der Waals surface area contributed by atoms with Crippen LogP contribution < -0.4 is 0 Å². The summed E-state index contributed by atoms with van der Waals surface area (Å²) < 4.78 is 5.18. The van der Waals surface area contributed by atoms with E-state index in [2.05, 4.69) is 13.8 Å². The van der Waals surface area contributed by atoms with Crippen LogP contribution in [0.15, 0.2) is 0 Å². The van der Waals surface area contributed by atoms with E-state index < -0.39 is 0 Å². The van der Waals surface area contributed by atoms with Crippen LogP contribution in [0.1, 0.15) is 58.8 Å². The van der Waals surface area contributed by atoms with Gasteiger partial charge in [0.15, 0.2) is 0 Å². The molecule has 0 rings (SSSR count). The Kier molecular flexibility index (Phi) is 16.3. The molecule has 2 heteroatoms. The van der Waals surface area contributed by atoms with Crippen LogP contribution in [0.2, 0.25) is 0 Å². The number of ether oxygens (including phenoxy) is 1. The van der Waals surface area contributed by atoms with E-state index in [0.29, 0.717) is 6.10 Å². The van der Waals surface area contributed by atoms with Crippen molar-refractivity contribution < 1.29 is 4.74 Å². The van der Waals surface area contributed by atoms with Crippen molar-refractivity contribution >= 4 is 29.6 Å². The first-order valence-corrected chi connectivity index (χ1v) is 5.34. The minimum absolute atomic E-state index is 0. The van der Waals surface area contributed by atoms with Gasteiger partial charge in [-0.2, -0.15) is 0 Å². The number of hydrogen-bond donors (Lipinski definition) is 0. The van der Waals surface area contributed by atoms with Crippen LogP contribution in [0.4, 0.5) is 0 Å². The van der Waals surface area contributed by atoms with Gasteiger partial charge < -0.3 is 4.74 Å². The summed E-state index contributed by atoms with van der Waals surface area (Å²) >= 11 is 0. The number of hydrogen-bond acceptors (Lipinski definition) is 1. The summed E-state index contributed by atoms with van der Waals surface area (Å²) in [5.41, 5.74) is 0. The topological polar surface area (TPSA) is 9.23 Å². The molecule has 0 aliphatic heterocycles. The fourth-order valence-electron chi connectivity index (χ4n) is 1.33. The van der Waals surface area contributed by atoms with Crippen LogP contribution in [0.25, 0.3) is 0 Å². The van der Waals surface area contributed by atoms with Crippen LogP contribution in [0.5, 0.6) is 0 Å². The minimum Gasteiger partial charge on any atom is -0.382 e. The van der Waals surface area contributed by atoms with Crippen LogP contribution >= 0.6 is 0 Å². The summed E-state index contributed by atoms with van der Waals surface area (Å²) in [5.74, 6) is 0. The predicted octanol–water partition coefficient (Wildman–Crippen LogP) is 3.39. The number of unbranched alkanes of at least 4 members (excludes halogenated alkanes) is 5. The van der Waals surface area contributed by atoms with Crippen molar-refractivity contribution in [2.45, 2.75) is 64.9 Å². The fraction of sp³-hybridized carbons (Fsp3) is 1.00. The van der Waals surface area contributed by atoms with Gasteiger partial charge in [0.25, 0.3) is 0 Å². The van der Waals surface area contributed by atoms with E-state index >= 15 is 0 Å². The molecule has 0 aliphatic carbocycles. The first-order chi connectivity index (χ1) is 5.81. The van der Waals surface area contributed by atoms with Crippen LogP contribution in [0, 0.1) is 0 Å². The molecule has 0 aliphatic rings. The van der Waals surface area contributed by atoms with Crippen molar-refractivity contribution in [3.05, 3.63) is 0 Å². The molecule has 1 radical (unpaired) electrons. The predicted molar refractivity (Wildman–Crippen MR) is 60.2 cm³/mol. The van der Waals surface area contributed by atoms with Gasteiger partial charge in [-0.3, -0.25) is 0 Å². The molecule has 0 saturated heterocycles. The molecule has 13 heavy (non-hydrogen) atoms. The Labute approximate surface area is 106 Å². The van der Waals surface area contributed by atoms with Crippen molar-refractivity contribution in [3.63, 3.8) is 0 Å². The quantitative estimate of drug-likeness (QED) is 0.426. The maximum Gasteiger partial charge on any atom is 0.0543 e. The Morgan fingerprint density at radius 2 is 1.54 bits per heavy atom. The van der Waals surface area contributed by atoms with Gasteiger partial charge in [0, 0.05) is 36.7 Å². The molecule has 0 fully saturated rings. The van der Waals surface area contributed by atoms with E-state index in [-0.39, 0.29) is 29.6 Å². The molecule has 0 heterocycles. The molecule has 75 valence electrons. The third-order valence-corrected chi connectivity index (χ3v) is 2.37. The van der Waals surface area contributed by atoms with E-state index in [1.165, 1.54) is 44.9 Å². The van der Waals surface area contributed by atoms with Crippen molar-refractivity contribution in [1.82, 2.24) is 0 Å². The van der Waals surface area contributed by atoms with Crippen LogP contribution in [-0.2, 0) is 4.74 Å². The molecule has 0 aromatic rings. The molecule has 1 unspecified atom stereocenters. The zero-order valence-corrected chi connectivity index (χ0v) is 11.9. The van der Waals surface area contributed by atoms with E-state index in [9.17, 15) is 0 Å². The third-order valence-electron chi connectivity index (χ3n) is 2.37. The van der Waals surface area contributed by atoms with Gasteiger partial charge in [0.1, 0.15) is 0 Å². The summed E-state index contributed by atoms with van der Waals surface area (Å²) in [6.45, 7) is 4.40. The molecule has 0 saturated carbocycles. The molecule has 1 nitrogen and oxygen atoms in total. The van der Waals surface area contributed by atoms with E-state index in [1.807, 2.05) is 0 Å². The zero-order valence-electron chi connectivity index (χ0n) is 9.94. The third kappa shape index (κ3) is 13.0. The standard InChI is InChI=1S/C11H24O.Na/c1-4-5-6-7-8-9-10-11(2)12-3;/h11H,4-10H2,1-3H3;. The average molecular weight is 195 g/mol. The van der Waals surface area contributed by atoms with Gasteiger partial charge in [-0.15, -0.1) is 0 Å². The molecule has 0 aromatic heterocycles. The molecular formula is C11H24NaO. The summed E-state index contributed by atoms with van der Waals surface area (Å²) in [7, 11) is 1.79. The monoisotopic (exact) mass is 195 g/mol. The van der Waals surface area contributed by atoms with Gasteiger partial charge in [0.2, 0.25) is 0 Å². The number of rotatable bonds is 8. The van der Waals surface area contributed by atoms with Crippen molar-refractivity contribution in [3.8, 4) is 0 Å². The fourth-order valence-corrected chi connectivity index (χ4v) is 1.33. The second-order valence-electron chi connectivity index (χ2n) is 3.60. The maximum atomic E-state index is 5.18. The molecular weight excluding hydrogens is 171 g/mol. The first-order valence-electron chi connectivity index (χ1n) is 5.34. The van der Waals surface area contributed by atoms with Gasteiger partial charge in [-0.05, 0) is 13.3 Å². The Morgan fingerprint density at radius 1 is 1.00 bits per heavy atom. The Hall–Kier alpha value is 0.960. The van der Waals surface area contributed by atoms with Gasteiger partial charge in [-0.25, -0.2) is 0 Å². The summed E-state index contributed by atoms with van der Waals surface area (Å²) in [5, 5.41) is 0. The first kappa shape index (κ1) is 16.4. The minimum atomic E-state index is 0. The number of methoxy groups -OCH3 is 1. The average Bonchev–Trinajstić information content (AvgIpc) is 2.10. The second kappa shape index (κ2) is 13.0. The Bertz CT molecular complexity index is 86.2. The van der Waals surface area contributed by atoms with Crippen molar-refractivity contribution in [1.29, 1.82) is 0 Å². The largest absolute Gasteiger partial charge is 0.382 e. The van der Waals surface area contributed by atoms with E-state index in [0.717, 1.165) is 0 Å². The Morgan fingerprint density at radius 3 is 2.08 bits per heavy atom. The van der Waals surface area contributed by atoms with Gasteiger partial charge in [0.05, 0.1) is 6.10 Å². The van der Waals surface area contributed by atoms with Crippen molar-refractivity contribution in [2.24, 2.45) is 0 Å².